The average Bonchev–Trinajstić information content (AvgIpc) is 3.03. The van der Waals surface area contributed by atoms with E-state index in [1.54, 1.807) is 24.3 Å². The predicted molar refractivity (Wildman–Crippen MR) is 93.2 cm³/mol. The number of rotatable bonds is 4. The summed E-state index contributed by atoms with van der Waals surface area (Å²) in [5, 5.41) is 10.8. The van der Waals surface area contributed by atoms with Crippen LogP contribution in [0.4, 0.5) is 5.69 Å². The van der Waals surface area contributed by atoms with Crippen LogP contribution in [-0.2, 0) is 9.53 Å². The van der Waals surface area contributed by atoms with Crippen LogP contribution in [0.2, 0.25) is 0 Å². The normalized spacial score (nSPS) is 22.9. The maximum absolute atomic E-state index is 12.6. The van der Waals surface area contributed by atoms with Crippen molar-refractivity contribution in [3.05, 3.63) is 57.6 Å². The fourth-order valence-corrected chi connectivity index (χ4v) is 3.71. The van der Waals surface area contributed by atoms with Crippen molar-refractivity contribution in [1.29, 1.82) is 0 Å². The Kier molecular flexibility index (Phi) is 4.10. The Morgan fingerprint density at radius 1 is 1.11 bits per heavy atom. The summed E-state index contributed by atoms with van der Waals surface area (Å²) in [6.45, 7) is 0.292. The molecule has 0 radical (unpaired) electrons. The molecule has 3 atom stereocenters. The molecular weight excluding hydrogens is 354 g/mol. The van der Waals surface area contributed by atoms with Crippen molar-refractivity contribution in [2.75, 3.05) is 20.8 Å². The van der Waals surface area contributed by atoms with Crippen molar-refractivity contribution in [1.82, 2.24) is 0 Å². The molecule has 27 heavy (non-hydrogen) atoms. The summed E-state index contributed by atoms with van der Waals surface area (Å²) in [5.41, 5.74) is 1.37. The van der Waals surface area contributed by atoms with Crippen LogP contribution in [0, 0.1) is 16.0 Å². The van der Waals surface area contributed by atoms with E-state index in [1.165, 1.54) is 26.4 Å². The second kappa shape index (κ2) is 6.46. The zero-order valence-corrected chi connectivity index (χ0v) is 14.7. The number of non-ortho nitro benzene ring substituents is 1. The molecule has 0 bridgehead atoms. The molecule has 0 amide bonds. The highest BCUT2D eigenvalue weighted by molar-refractivity contribution is 5.82. The third kappa shape index (κ3) is 2.73. The highest BCUT2D eigenvalue weighted by atomic mass is 16.6. The lowest BCUT2D eigenvalue weighted by molar-refractivity contribution is -0.384. The lowest BCUT2D eigenvalue weighted by Crippen LogP contribution is -2.26. The minimum absolute atomic E-state index is 0.0243. The van der Waals surface area contributed by atoms with Gasteiger partial charge in [-0.1, -0.05) is 12.1 Å². The first-order chi connectivity index (χ1) is 13.0. The first-order valence-corrected chi connectivity index (χ1v) is 8.37. The van der Waals surface area contributed by atoms with Gasteiger partial charge in [-0.2, -0.15) is 0 Å². The second-order valence-electron chi connectivity index (χ2n) is 6.40. The zero-order valence-electron chi connectivity index (χ0n) is 14.7. The van der Waals surface area contributed by atoms with E-state index in [4.69, 9.17) is 18.9 Å². The average molecular weight is 371 g/mol. The van der Waals surface area contributed by atoms with Crippen molar-refractivity contribution in [2.24, 2.45) is 5.92 Å². The summed E-state index contributed by atoms with van der Waals surface area (Å²) in [5.74, 6) is 0.499. The molecule has 4 rings (SSSR count). The number of benzene rings is 2. The van der Waals surface area contributed by atoms with E-state index in [0.29, 0.717) is 29.4 Å². The third-order valence-corrected chi connectivity index (χ3v) is 5.03. The van der Waals surface area contributed by atoms with E-state index in [0.717, 1.165) is 5.56 Å². The van der Waals surface area contributed by atoms with Crippen LogP contribution >= 0.6 is 0 Å². The van der Waals surface area contributed by atoms with E-state index in [9.17, 15) is 14.9 Å². The Hall–Kier alpha value is -3.29. The summed E-state index contributed by atoms with van der Waals surface area (Å²) in [4.78, 5) is 23.0. The van der Waals surface area contributed by atoms with Crippen LogP contribution in [-0.4, -0.2) is 31.7 Å². The maximum atomic E-state index is 12.6. The van der Waals surface area contributed by atoms with Gasteiger partial charge in [-0.3, -0.25) is 14.9 Å². The molecule has 1 fully saturated rings. The molecule has 2 aromatic rings. The molecule has 0 spiro atoms. The van der Waals surface area contributed by atoms with Crippen LogP contribution in [0.5, 0.6) is 17.2 Å². The highest BCUT2D eigenvalue weighted by Crippen LogP contribution is 2.52. The zero-order chi connectivity index (χ0) is 19.1. The van der Waals surface area contributed by atoms with Gasteiger partial charge in [0.2, 0.25) is 0 Å². The molecule has 0 unspecified atom stereocenters. The van der Waals surface area contributed by atoms with E-state index in [-0.39, 0.29) is 17.6 Å². The van der Waals surface area contributed by atoms with Gasteiger partial charge in [-0.05, 0) is 11.6 Å². The van der Waals surface area contributed by atoms with Crippen LogP contribution in [0.3, 0.4) is 0 Å². The van der Waals surface area contributed by atoms with Crippen molar-refractivity contribution in [2.45, 2.75) is 12.0 Å². The smallest absolute Gasteiger partial charge is 0.314 e. The number of nitro benzene ring substituents is 1. The Bertz CT molecular complexity index is 909. The Morgan fingerprint density at radius 3 is 2.41 bits per heavy atom. The lowest BCUT2D eigenvalue weighted by Gasteiger charge is -2.29. The number of ether oxygens (including phenoxy) is 4. The minimum Gasteiger partial charge on any atom is -0.493 e. The molecule has 1 saturated heterocycles. The van der Waals surface area contributed by atoms with Gasteiger partial charge in [-0.15, -0.1) is 0 Å². The standard InChI is InChI=1S/C19H17NO7/c1-24-15-7-12-14(8-16(15)25-2)26-9-13-17(19(21)27-18(12)13)10-3-5-11(6-4-10)20(22)23/h3-8,13,17-18H,9H2,1-2H3/t13-,17-,18-/m0/s1. The SMILES string of the molecule is COc1cc2c(cc1OC)[C@@H]1OC(=O)[C@@H](c3ccc([N+](=O)[O-])cc3)[C@@H]1CO2. The number of nitrogens with zero attached hydrogens (tertiary/aromatic N) is 1. The van der Waals surface area contributed by atoms with Gasteiger partial charge in [-0.25, -0.2) is 0 Å². The Morgan fingerprint density at radius 2 is 1.78 bits per heavy atom. The molecule has 0 saturated carbocycles. The summed E-state index contributed by atoms with van der Waals surface area (Å²) in [6, 6.07) is 9.45. The van der Waals surface area contributed by atoms with Gasteiger partial charge in [0.05, 0.1) is 37.6 Å². The van der Waals surface area contributed by atoms with Crippen molar-refractivity contribution < 1.29 is 28.7 Å². The molecule has 8 heteroatoms. The molecule has 0 aliphatic carbocycles. The number of fused-ring (bicyclic) bond motifs is 3. The van der Waals surface area contributed by atoms with E-state index in [1.807, 2.05) is 0 Å². The van der Waals surface area contributed by atoms with Gasteiger partial charge in [0.15, 0.2) is 11.5 Å². The second-order valence-corrected chi connectivity index (χ2v) is 6.40. The fourth-order valence-electron chi connectivity index (χ4n) is 3.71. The molecule has 140 valence electrons. The van der Waals surface area contributed by atoms with Crippen molar-refractivity contribution in [3.8, 4) is 17.2 Å². The van der Waals surface area contributed by atoms with Crippen LogP contribution < -0.4 is 14.2 Å². The summed E-state index contributed by atoms with van der Waals surface area (Å²) in [6.07, 6.45) is -0.471. The lowest BCUT2D eigenvalue weighted by atomic mass is 9.82. The number of hydrogen-bond donors (Lipinski definition) is 0. The van der Waals surface area contributed by atoms with E-state index in [2.05, 4.69) is 0 Å². The van der Waals surface area contributed by atoms with Crippen molar-refractivity contribution in [3.63, 3.8) is 0 Å². The van der Waals surface area contributed by atoms with Crippen LogP contribution in [0.25, 0.3) is 0 Å². The fraction of sp³-hybridized carbons (Fsp3) is 0.316. The van der Waals surface area contributed by atoms with Crippen LogP contribution in [0.1, 0.15) is 23.1 Å². The molecule has 2 heterocycles. The molecule has 2 aromatic carbocycles. The van der Waals surface area contributed by atoms with Crippen LogP contribution in [0.15, 0.2) is 36.4 Å². The minimum atomic E-state index is -0.544. The van der Waals surface area contributed by atoms with E-state index < -0.39 is 16.9 Å². The van der Waals surface area contributed by atoms with E-state index >= 15 is 0 Å². The molecule has 0 N–H and O–H groups in total. The largest absolute Gasteiger partial charge is 0.493 e. The molecular formula is C19H17NO7. The van der Waals surface area contributed by atoms with Gasteiger partial charge in [0.1, 0.15) is 11.9 Å². The number of esters is 1. The Balaban J connectivity index is 1.69. The number of nitro groups is 1. The molecule has 2 aliphatic heterocycles. The highest BCUT2D eigenvalue weighted by Gasteiger charge is 2.49. The summed E-state index contributed by atoms with van der Waals surface area (Å²) >= 11 is 0. The molecule has 2 aliphatic rings. The topological polar surface area (TPSA) is 97.1 Å². The number of methoxy groups -OCH3 is 2. The maximum Gasteiger partial charge on any atom is 0.314 e. The third-order valence-electron chi connectivity index (χ3n) is 5.03. The van der Waals surface area contributed by atoms with Gasteiger partial charge < -0.3 is 18.9 Å². The number of hydrogen-bond acceptors (Lipinski definition) is 7. The molecule has 8 nitrogen and oxygen atoms in total. The number of carbonyl (C=O) groups excluding carboxylic acids is 1. The monoisotopic (exact) mass is 371 g/mol. The van der Waals surface area contributed by atoms with Gasteiger partial charge in [0, 0.05) is 23.8 Å². The quantitative estimate of drug-likeness (QED) is 0.463. The van der Waals surface area contributed by atoms with Gasteiger partial charge in [0.25, 0.3) is 5.69 Å². The Labute approximate surface area is 154 Å². The number of carbonyl (C=O) groups is 1. The molecule has 0 aromatic heterocycles. The first-order valence-electron chi connectivity index (χ1n) is 8.37. The van der Waals surface area contributed by atoms with Crippen molar-refractivity contribution >= 4 is 11.7 Å². The summed E-state index contributed by atoms with van der Waals surface area (Å²) in [7, 11) is 3.07. The predicted octanol–water partition coefficient (Wildman–Crippen LogP) is 3.00. The first kappa shape index (κ1) is 17.1. The van der Waals surface area contributed by atoms with Gasteiger partial charge >= 0.3 is 5.97 Å². The summed E-state index contributed by atoms with van der Waals surface area (Å²) < 4.78 is 22.2.